The van der Waals surface area contributed by atoms with Crippen LogP contribution in [0.1, 0.15) is 22.2 Å². The van der Waals surface area contributed by atoms with Crippen molar-refractivity contribution in [2.24, 2.45) is 0 Å². The van der Waals surface area contributed by atoms with Crippen molar-refractivity contribution in [3.63, 3.8) is 0 Å². The van der Waals surface area contributed by atoms with Crippen LogP contribution in [0, 0.1) is 6.92 Å². The van der Waals surface area contributed by atoms with E-state index in [0.717, 1.165) is 18.7 Å². The quantitative estimate of drug-likeness (QED) is 0.892. The molecule has 1 aliphatic rings. The summed E-state index contributed by atoms with van der Waals surface area (Å²) in [6.07, 6.45) is 1.56. The maximum Gasteiger partial charge on any atom is 0.264 e. The molecule has 7 heteroatoms. The number of nitrogens with one attached hydrogen (secondary N) is 1. The van der Waals surface area contributed by atoms with Gasteiger partial charge in [0, 0.05) is 32.7 Å². The Bertz CT molecular complexity index is 743. The van der Waals surface area contributed by atoms with Gasteiger partial charge in [0.25, 0.3) is 11.5 Å². The summed E-state index contributed by atoms with van der Waals surface area (Å²) in [5.41, 5.74) is 0.703. The lowest BCUT2D eigenvalue weighted by Gasteiger charge is -2.27. The molecule has 112 valence electrons. The molecule has 0 bridgehead atoms. The maximum absolute atomic E-state index is 12.6. The molecule has 0 aromatic carbocycles. The first kappa shape index (κ1) is 14.2. The number of thiophene rings is 1. The summed E-state index contributed by atoms with van der Waals surface area (Å²) in [5.74, 6) is 0.0134. The van der Waals surface area contributed by atoms with Crippen LogP contribution in [0.5, 0.6) is 0 Å². The minimum atomic E-state index is -0.0596. The van der Waals surface area contributed by atoms with Crippen LogP contribution in [0.2, 0.25) is 0 Å². The SMILES string of the molecule is CCn1cnc2sc(C(=O)N3CCNCC3)c(C)c2c1=O. The Balaban J connectivity index is 2.07. The van der Waals surface area contributed by atoms with Crippen LogP contribution in [0.15, 0.2) is 11.1 Å². The summed E-state index contributed by atoms with van der Waals surface area (Å²) >= 11 is 1.32. The molecule has 21 heavy (non-hydrogen) atoms. The molecule has 0 radical (unpaired) electrons. The summed E-state index contributed by atoms with van der Waals surface area (Å²) in [4.78, 5) is 32.5. The highest BCUT2D eigenvalue weighted by atomic mass is 32.1. The molecule has 1 aliphatic heterocycles. The number of carbonyl (C=O) groups is 1. The lowest BCUT2D eigenvalue weighted by atomic mass is 10.2. The van der Waals surface area contributed by atoms with Crippen molar-refractivity contribution in [3.8, 4) is 0 Å². The number of fused-ring (bicyclic) bond motifs is 1. The number of carbonyl (C=O) groups excluding carboxylic acids is 1. The zero-order valence-electron chi connectivity index (χ0n) is 12.2. The molecule has 2 aromatic rings. The number of aromatic nitrogens is 2. The molecule has 2 aromatic heterocycles. The van der Waals surface area contributed by atoms with Gasteiger partial charge in [0.2, 0.25) is 0 Å². The van der Waals surface area contributed by atoms with E-state index in [1.807, 2.05) is 18.7 Å². The highest BCUT2D eigenvalue weighted by molar-refractivity contribution is 7.20. The number of aryl methyl sites for hydroxylation is 2. The van der Waals surface area contributed by atoms with Crippen molar-refractivity contribution in [2.75, 3.05) is 26.2 Å². The monoisotopic (exact) mass is 306 g/mol. The van der Waals surface area contributed by atoms with Crippen molar-refractivity contribution >= 4 is 27.5 Å². The number of hydrogen-bond acceptors (Lipinski definition) is 5. The van der Waals surface area contributed by atoms with Gasteiger partial charge in [-0.2, -0.15) is 0 Å². The fraction of sp³-hybridized carbons (Fsp3) is 0.500. The molecule has 1 amide bonds. The fourth-order valence-corrected chi connectivity index (χ4v) is 3.71. The minimum absolute atomic E-state index is 0.0134. The highest BCUT2D eigenvalue weighted by Gasteiger charge is 2.24. The normalized spacial score (nSPS) is 15.6. The van der Waals surface area contributed by atoms with Crippen LogP contribution >= 0.6 is 11.3 Å². The Morgan fingerprint density at radius 3 is 2.81 bits per heavy atom. The molecule has 0 aliphatic carbocycles. The second kappa shape index (κ2) is 5.57. The third-order valence-electron chi connectivity index (χ3n) is 3.86. The standard InChI is InChI=1S/C14H18N4O2S/c1-3-17-8-16-12-10(13(17)19)9(2)11(21-12)14(20)18-6-4-15-5-7-18/h8,15H,3-7H2,1-2H3. The molecule has 1 saturated heterocycles. The van der Waals surface area contributed by atoms with Gasteiger partial charge in [0.1, 0.15) is 4.83 Å². The predicted molar refractivity (Wildman–Crippen MR) is 83.1 cm³/mol. The van der Waals surface area contributed by atoms with Crippen LogP contribution in [0.3, 0.4) is 0 Å². The number of hydrogen-bond donors (Lipinski definition) is 1. The largest absolute Gasteiger partial charge is 0.335 e. The Morgan fingerprint density at radius 1 is 1.43 bits per heavy atom. The average molecular weight is 306 g/mol. The third-order valence-corrected chi connectivity index (χ3v) is 5.04. The smallest absolute Gasteiger partial charge is 0.264 e. The molecule has 0 unspecified atom stereocenters. The van der Waals surface area contributed by atoms with Crippen LogP contribution in [0.25, 0.3) is 10.2 Å². The Morgan fingerprint density at radius 2 is 2.14 bits per heavy atom. The van der Waals surface area contributed by atoms with Crippen molar-refractivity contribution < 1.29 is 4.79 Å². The molecule has 0 atom stereocenters. The highest BCUT2D eigenvalue weighted by Crippen LogP contribution is 2.28. The van der Waals surface area contributed by atoms with Gasteiger partial charge < -0.3 is 10.2 Å². The van der Waals surface area contributed by atoms with E-state index in [0.29, 0.717) is 34.7 Å². The fourth-order valence-electron chi connectivity index (χ4n) is 2.60. The Kier molecular flexibility index (Phi) is 3.77. The lowest BCUT2D eigenvalue weighted by molar-refractivity contribution is 0.0740. The van der Waals surface area contributed by atoms with Gasteiger partial charge in [0.05, 0.1) is 16.6 Å². The summed E-state index contributed by atoms with van der Waals surface area (Å²) in [5, 5.41) is 3.82. The van der Waals surface area contributed by atoms with Gasteiger partial charge in [0.15, 0.2) is 0 Å². The van der Waals surface area contributed by atoms with Crippen LogP contribution < -0.4 is 10.9 Å². The predicted octanol–water partition coefficient (Wildman–Crippen LogP) is 0.832. The maximum atomic E-state index is 12.6. The Hall–Kier alpha value is -1.73. The van der Waals surface area contributed by atoms with E-state index >= 15 is 0 Å². The third kappa shape index (κ3) is 2.36. The van der Waals surface area contributed by atoms with Crippen LogP contribution in [-0.4, -0.2) is 46.5 Å². The van der Waals surface area contributed by atoms with E-state index in [1.165, 1.54) is 11.3 Å². The molecular weight excluding hydrogens is 288 g/mol. The van der Waals surface area contributed by atoms with Crippen LogP contribution in [0.4, 0.5) is 0 Å². The van der Waals surface area contributed by atoms with E-state index in [1.54, 1.807) is 10.9 Å². The molecule has 1 N–H and O–H groups in total. The van der Waals surface area contributed by atoms with Gasteiger partial charge in [-0.25, -0.2) is 4.98 Å². The molecule has 3 rings (SSSR count). The first-order chi connectivity index (χ1) is 10.1. The topological polar surface area (TPSA) is 67.2 Å². The second-order valence-electron chi connectivity index (χ2n) is 5.11. The number of amides is 1. The minimum Gasteiger partial charge on any atom is -0.335 e. The molecule has 3 heterocycles. The van der Waals surface area contributed by atoms with Gasteiger partial charge in [-0.1, -0.05) is 0 Å². The zero-order chi connectivity index (χ0) is 15.0. The number of rotatable bonds is 2. The van der Waals surface area contributed by atoms with Gasteiger partial charge >= 0.3 is 0 Å². The van der Waals surface area contributed by atoms with Crippen molar-refractivity contribution in [2.45, 2.75) is 20.4 Å². The van der Waals surface area contributed by atoms with Crippen molar-refractivity contribution in [3.05, 3.63) is 27.1 Å². The van der Waals surface area contributed by atoms with Crippen molar-refractivity contribution in [1.82, 2.24) is 19.8 Å². The molecular formula is C14H18N4O2S. The number of nitrogens with zero attached hydrogens (tertiary/aromatic N) is 3. The molecule has 0 saturated carbocycles. The zero-order valence-corrected chi connectivity index (χ0v) is 13.0. The first-order valence-corrected chi connectivity index (χ1v) is 7.93. The van der Waals surface area contributed by atoms with Gasteiger partial charge in [-0.15, -0.1) is 11.3 Å². The summed E-state index contributed by atoms with van der Waals surface area (Å²) in [6, 6.07) is 0. The first-order valence-electron chi connectivity index (χ1n) is 7.12. The Labute approximate surface area is 126 Å². The summed E-state index contributed by atoms with van der Waals surface area (Å²) in [6.45, 7) is 7.38. The average Bonchev–Trinajstić information content (AvgIpc) is 2.85. The second-order valence-corrected chi connectivity index (χ2v) is 6.11. The van der Waals surface area contributed by atoms with Gasteiger partial charge in [-0.3, -0.25) is 14.2 Å². The molecule has 0 spiro atoms. The van der Waals surface area contributed by atoms with E-state index in [2.05, 4.69) is 10.3 Å². The molecule has 6 nitrogen and oxygen atoms in total. The van der Waals surface area contributed by atoms with Gasteiger partial charge in [-0.05, 0) is 19.4 Å². The molecule has 1 fully saturated rings. The van der Waals surface area contributed by atoms with E-state index in [9.17, 15) is 9.59 Å². The summed E-state index contributed by atoms with van der Waals surface area (Å²) in [7, 11) is 0. The van der Waals surface area contributed by atoms with Crippen LogP contribution in [-0.2, 0) is 6.54 Å². The number of piperazine rings is 1. The van der Waals surface area contributed by atoms with Crippen molar-refractivity contribution in [1.29, 1.82) is 0 Å². The van der Waals surface area contributed by atoms with E-state index < -0.39 is 0 Å². The summed E-state index contributed by atoms with van der Waals surface area (Å²) < 4.78 is 1.57. The van der Waals surface area contributed by atoms with E-state index in [-0.39, 0.29) is 11.5 Å². The lowest BCUT2D eigenvalue weighted by Crippen LogP contribution is -2.46. The van der Waals surface area contributed by atoms with E-state index in [4.69, 9.17) is 0 Å².